The van der Waals surface area contributed by atoms with E-state index in [-0.39, 0.29) is 29.7 Å². The van der Waals surface area contributed by atoms with E-state index in [9.17, 15) is 13.9 Å². The fourth-order valence-corrected chi connectivity index (χ4v) is 3.23. The number of halogens is 2. The number of aliphatic hydroxyl groups excluding tert-OH is 1. The summed E-state index contributed by atoms with van der Waals surface area (Å²) in [6.07, 6.45) is 5.58. The first-order valence-electron chi connectivity index (χ1n) is 9.76. The number of hydrogen-bond acceptors (Lipinski definition) is 8. The first-order chi connectivity index (χ1) is 14.7. The number of aromatic nitrogens is 4. The minimum Gasteiger partial charge on any atom is -0.390 e. The van der Waals surface area contributed by atoms with Gasteiger partial charge < -0.3 is 20.8 Å². The average molecular weight is 430 g/mol. The molecule has 0 amide bonds. The van der Waals surface area contributed by atoms with Gasteiger partial charge in [-0.1, -0.05) is 20.8 Å². The Morgan fingerprint density at radius 2 is 2.03 bits per heavy atom. The molecule has 4 heterocycles. The number of pyridine rings is 1. The smallest absolute Gasteiger partial charge is 0.183 e. The van der Waals surface area contributed by atoms with Crippen LogP contribution in [0.4, 0.5) is 14.6 Å². The topological polar surface area (TPSA) is 114 Å². The van der Waals surface area contributed by atoms with Gasteiger partial charge in [0.2, 0.25) is 0 Å². The van der Waals surface area contributed by atoms with Gasteiger partial charge in [-0.05, 0) is 11.5 Å². The number of aromatic amines is 1. The standard InChI is InChI=1S/C20H24F2N8O/c1-20(2,3)16(9-30-8-12(10-31)28-29-30)26-19-15(22)7-25-18(27-19)14-6-24-17-13(14)4-11(21)5-23-17/h4-8,16,28-29,31H,9-10H2,1-3H3,(H,23,24)(H,25,26,27)/t16-/m1/s1. The van der Waals surface area contributed by atoms with Crippen molar-refractivity contribution in [2.45, 2.75) is 26.8 Å². The van der Waals surface area contributed by atoms with Crippen LogP contribution in [0.2, 0.25) is 0 Å². The lowest BCUT2D eigenvalue weighted by molar-refractivity contribution is 0.207. The number of nitrogens with zero attached hydrogens (tertiary/aromatic N) is 4. The number of fused-ring (bicyclic) bond motifs is 1. The number of hydrogen-bond donors (Lipinski definition) is 5. The summed E-state index contributed by atoms with van der Waals surface area (Å²) in [5.41, 5.74) is 7.18. The van der Waals surface area contributed by atoms with Gasteiger partial charge in [-0.3, -0.25) is 5.01 Å². The zero-order valence-electron chi connectivity index (χ0n) is 17.4. The van der Waals surface area contributed by atoms with Crippen LogP contribution in [0.5, 0.6) is 0 Å². The van der Waals surface area contributed by atoms with Gasteiger partial charge in [-0.15, -0.1) is 5.53 Å². The van der Waals surface area contributed by atoms with E-state index in [0.29, 0.717) is 28.8 Å². The van der Waals surface area contributed by atoms with Gasteiger partial charge in [0.05, 0.1) is 37.3 Å². The third-order valence-electron chi connectivity index (χ3n) is 5.06. The lowest BCUT2D eigenvalue weighted by Crippen LogP contribution is -2.48. The molecular formula is C20H24F2N8O. The molecule has 9 nitrogen and oxygen atoms in total. The lowest BCUT2D eigenvalue weighted by atomic mass is 9.86. The highest BCUT2D eigenvalue weighted by Crippen LogP contribution is 2.29. The molecule has 164 valence electrons. The quantitative estimate of drug-likeness (QED) is 0.405. The monoisotopic (exact) mass is 430 g/mol. The largest absolute Gasteiger partial charge is 0.390 e. The molecule has 5 N–H and O–H groups in total. The maximum atomic E-state index is 14.6. The summed E-state index contributed by atoms with van der Waals surface area (Å²) in [5.74, 6) is -0.786. The minimum atomic E-state index is -0.596. The Bertz CT molecular complexity index is 1120. The third kappa shape index (κ3) is 4.42. The number of H-pyrrole nitrogens is 1. The maximum Gasteiger partial charge on any atom is 0.183 e. The molecule has 1 aliphatic rings. The van der Waals surface area contributed by atoms with Crippen molar-refractivity contribution in [2.24, 2.45) is 5.41 Å². The summed E-state index contributed by atoms with van der Waals surface area (Å²) in [5, 5.41) is 14.7. The van der Waals surface area contributed by atoms with Crippen LogP contribution in [-0.4, -0.2) is 49.2 Å². The van der Waals surface area contributed by atoms with E-state index in [1.165, 1.54) is 6.07 Å². The van der Waals surface area contributed by atoms with Crippen molar-refractivity contribution in [3.63, 3.8) is 0 Å². The zero-order valence-corrected chi connectivity index (χ0v) is 17.4. The SMILES string of the molecule is CC(C)(C)[C@@H](CN1C=C(CO)NN1)Nc1nc(-c2c[nH]c3ncc(F)cc23)ncc1F. The minimum absolute atomic E-state index is 0.0437. The summed E-state index contributed by atoms with van der Waals surface area (Å²) in [6.45, 7) is 6.42. The Balaban J connectivity index is 1.63. The predicted molar refractivity (Wildman–Crippen MR) is 112 cm³/mol. The summed E-state index contributed by atoms with van der Waals surface area (Å²) >= 11 is 0. The van der Waals surface area contributed by atoms with Crippen molar-refractivity contribution < 1.29 is 13.9 Å². The molecule has 0 aromatic carbocycles. The normalized spacial score (nSPS) is 15.2. The van der Waals surface area contributed by atoms with Crippen LogP contribution in [0.25, 0.3) is 22.4 Å². The Labute approximate surface area is 177 Å². The van der Waals surface area contributed by atoms with E-state index in [2.05, 4.69) is 36.2 Å². The van der Waals surface area contributed by atoms with E-state index >= 15 is 0 Å². The second kappa shape index (κ2) is 8.08. The highest BCUT2D eigenvalue weighted by atomic mass is 19.1. The first kappa shape index (κ1) is 20.9. The number of rotatable bonds is 6. The molecule has 3 aromatic heterocycles. The van der Waals surface area contributed by atoms with Crippen LogP contribution in [0, 0.1) is 17.0 Å². The van der Waals surface area contributed by atoms with Crippen LogP contribution in [0.3, 0.4) is 0 Å². The molecule has 0 saturated carbocycles. The van der Waals surface area contributed by atoms with E-state index < -0.39 is 11.6 Å². The Morgan fingerprint density at radius 1 is 1.23 bits per heavy atom. The van der Waals surface area contributed by atoms with E-state index in [1.807, 2.05) is 20.8 Å². The van der Waals surface area contributed by atoms with Crippen LogP contribution in [0.1, 0.15) is 20.8 Å². The van der Waals surface area contributed by atoms with Crippen molar-refractivity contribution in [3.8, 4) is 11.4 Å². The van der Waals surface area contributed by atoms with Gasteiger partial charge in [0.15, 0.2) is 17.5 Å². The molecule has 1 aliphatic heterocycles. The summed E-state index contributed by atoms with van der Waals surface area (Å²) in [7, 11) is 0. The molecule has 0 radical (unpaired) electrons. The average Bonchev–Trinajstić information content (AvgIpc) is 3.34. The lowest BCUT2D eigenvalue weighted by Gasteiger charge is -2.34. The van der Waals surface area contributed by atoms with Gasteiger partial charge in [-0.25, -0.2) is 23.7 Å². The van der Waals surface area contributed by atoms with Crippen LogP contribution in [0.15, 0.2) is 36.6 Å². The second-order valence-corrected chi connectivity index (χ2v) is 8.41. The molecule has 0 unspecified atom stereocenters. The van der Waals surface area contributed by atoms with E-state index in [1.54, 1.807) is 17.4 Å². The summed E-state index contributed by atoms with van der Waals surface area (Å²) in [4.78, 5) is 15.4. The number of hydrazine groups is 2. The number of nitrogens with one attached hydrogen (secondary N) is 4. The number of aliphatic hydroxyl groups is 1. The molecule has 0 spiro atoms. The molecule has 11 heteroatoms. The Hall–Kier alpha value is -3.31. The Morgan fingerprint density at radius 3 is 2.74 bits per heavy atom. The first-order valence-corrected chi connectivity index (χ1v) is 9.76. The van der Waals surface area contributed by atoms with Gasteiger partial charge in [0, 0.05) is 23.3 Å². The van der Waals surface area contributed by atoms with Crippen LogP contribution >= 0.6 is 0 Å². The summed E-state index contributed by atoms with van der Waals surface area (Å²) < 4.78 is 28.3. The van der Waals surface area contributed by atoms with Gasteiger partial charge >= 0.3 is 0 Å². The fourth-order valence-electron chi connectivity index (χ4n) is 3.23. The second-order valence-electron chi connectivity index (χ2n) is 8.41. The van der Waals surface area contributed by atoms with Gasteiger partial charge in [0.25, 0.3) is 0 Å². The van der Waals surface area contributed by atoms with Crippen molar-refractivity contribution in [2.75, 3.05) is 18.5 Å². The van der Waals surface area contributed by atoms with E-state index in [4.69, 9.17) is 0 Å². The molecule has 0 saturated heterocycles. The van der Waals surface area contributed by atoms with Crippen molar-refractivity contribution >= 4 is 16.9 Å². The third-order valence-corrected chi connectivity index (χ3v) is 5.06. The highest BCUT2D eigenvalue weighted by molar-refractivity contribution is 5.91. The van der Waals surface area contributed by atoms with Gasteiger partial charge in [-0.2, -0.15) is 0 Å². The van der Waals surface area contributed by atoms with Crippen LogP contribution < -0.4 is 16.3 Å². The molecule has 0 bridgehead atoms. The fraction of sp³-hybridized carbons (Fsp3) is 0.350. The molecule has 4 rings (SSSR count). The predicted octanol–water partition coefficient (Wildman–Crippen LogP) is 2.28. The summed E-state index contributed by atoms with van der Waals surface area (Å²) in [6, 6.07) is 1.11. The maximum absolute atomic E-state index is 14.6. The highest BCUT2D eigenvalue weighted by Gasteiger charge is 2.29. The number of anilines is 1. The van der Waals surface area contributed by atoms with Crippen molar-refractivity contribution in [3.05, 3.63) is 48.2 Å². The molecule has 0 aliphatic carbocycles. The van der Waals surface area contributed by atoms with Crippen molar-refractivity contribution in [1.82, 2.24) is 35.9 Å². The molecule has 31 heavy (non-hydrogen) atoms. The van der Waals surface area contributed by atoms with Crippen LogP contribution in [-0.2, 0) is 0 Å². The van der Waals surface area contributed by atoms with Crippen molar-refractivity contribution in [1.29, 1.82) is 0 Å². The zero-order chi connectivity index (χ0) is 22.2. The molecular weight excluding hydrogens is 406 g/mol. The molecule has 3 aromatic rings. The Kier molecular flexibility index (Phi) is 5.46. The molecule has 1 atom stereocenters. The molecule has 0 fully saturated rings. The van der Waals surface area contributed by atoms with Gasteiger partial charge in [0.1, 0.15) is 11.5 Å². The van der Waals surface area contributed by atoms with E-state index in [0.717, 1.165) is 12.4 Å².